The SMILES string of the molecule is N#CCc1ccc(OCCOc2ccccc2)cc1. The molecule has 0 spiro atoms. The fraction of sp³-hybridized carbons (Fsp3) is 0.188. The summed E-state index contributed by atoms with van der Waals surface area (Å²) in [5.74, 6) is 1.63. The summed E-state index contributed by atoms with van der Waals surface area (Å²) in [6.07, 6.45) is 0.428. The van der Waals surface area contributed by atoms with Gasteiger partial charge in [0, 0.05) is 0 Å². The molecular weight excluding hydrogens is 238 g/mol. The van der Waals surface area contributed by atoms with Gasteiger partial charge in [0.25, 0.3) is 0 Å². The Bertz CT molecular complexity index is 529. The van der Waals surface area contributed by atoms with Gasteiger partial charge in [0.05, 0.1) is 12.5 Å². The molecule has 0 radical (unpaired) electrons. The third-order valence-electron chi connectivity index (χ3n) is 2.57. The number of nitriles is 1. The summed E-state index contributed by atoms with van der Waals surface area (Å²) in [6, 6.07) is 19.3. The van der Waals surface area contributed by atoms with Gasteiger partial charge in [0.15, 0.2) is 0 Å². The lowest BCUT2D eigenvalue weighted by Gasteiger charge is -2.08. The molecule has 0 saturated heterocycles. The first-order valence-corrected chi connectivity index (χ1v) is 6.15. The first kappa shape index (κ1) is 13.0. The Kier molecular flexibility index (Phi) is 4.83. The van der Waals surface area contributed by atoms with Gasteiger partial charge in [-0.25, -0.2) is 0 Å². The third-order valence-corrected chi connectivity index (χ3v) is 2.57. The van der Waals surface area contributed by atoms with Crippen LogP contribution in [0.5, 0.6) is 11.5 Å². The van der Waals surface area contributed by atoms with Crippen LogP contribution in [-0.4, -0.2) is 13.2 Å². The fourth-order valence-electron chi connectivity index (χ4n) is 1.63. The van der Waals surface area contributed by atoms with Crippen molar-refractivity contribution in [3.8, 4) is 17.6 Å². The van der Waals surface area contributed by atoms with Gasteiger partial charge in [0.2, 0.25) is 0 Å². The van der Waals surface area contributed by atoms with Gasteiger partial charge in [-0.1, -0.05) is 30.3 Å². The lowest BCUT2D eigenvalue weighted by molar-refractivity contribution is 0.217. The van der Waals surface area contributed by atoms with Gasteiger partial charge in [-0.15, -0.1) is 0 Å². The van der Waals surface area contributed by atoms with E-state index in [9.17, 15) is 0 Å². The van der Waals surface area contributed by atoms with Gasteiger partial charge in [-0.05, 0) is 29.8 Å². The summed E-state index contributed by atoms with van der Waals surface area (Å²) in [5, 5.41) is 8.57. The number of nitrogens with zero attached hydrogens (tertiary/aromatic N) is 1. The van der Waals surface area contributed by atoms with E-state index in [2.05, 4.69) is 6.07 Å². The monoisotopic (exact) mass is 253 g/mol. The Hall–Kier alpha value is -2.47. The van der Waals surface area contributed by atoms with Crippen molar-refractivity contribution in [2.75, 3.05) is 13.2 Å². The zero-order valence-corrected chi connectivity index (χ0v) is 10.6. The molecule has 0 aliphatic carbocycles. The standard InChI is InChI=1S/C16H15NO2/c17-11-10-14-6-8-16(9-7-14)19-13-12-18-15-4-2-1-3-5-15/h1-9H,10,12-13H2. The molecular formula is C16H15NO2. The Balaban J connectivity index is 1.72. The van der Waals surface area contributed by atoms with Crippen molar-refractivity contribution in [1.29, 1.82) is 5.26 Å². The number of hydrogen-bond donors (Lipinski definition) is 0. The molecule has 2 rings (SSSR count). The molecule has 0 saturated carbocycles. The highest BCUT2D eigenvalue weighted by Gasteiger charge is 1.96. The van der Waals surface area contributed by atoms with E-state index in [-0.39, 0.29) is 0 Å². The molecule has 96 valence electrons. The second-order valence-corrected chi connectivity index (χ2v) is 3.99. The normalized spacial score (nSPS) is 9.63. The second kappa shape index (κ2) is 7.07. The molecule has 0 bridgehead atoms. The molecule has 2 aromatic carbocycles. The molecule has 0 N–H and O–H groups in total. The van der Waals surface area contributed by atoms with E-state index in [0.29, 0.717) is 19.6 Å². The minimum atomic E-state index is 0.428. The van der Waals surface area contributed by atoms with Crippen LogP contribution in [0.15, 0.2) is 54.6 Å². The van der Waals surface area contributed by atoms with E-state index >= 15 is 0 Å². The van der Waals surface area contributed by atoms with Gasteiger partial charge in [-0.3, -0.25) is 0 Å². The molecule has 0 heterocycles. The van der Waals surface area contributed by atoms with Crippen LogP contribution in [0, 0.1) is 11.3 Å². The summed E-state index contributed by atoms with van der Waals surface area (Å²) < 4.78 is 11.1. The average Bonchev–Trinajstić information content (AvgIpc) is 2.47. The fourth-order valence-corrected chi connectivity index (χ4v) is 1.63. The summed E-state index contributed by atoms with van der Waals surface area (Å²) in [7, 11) is 0. The quantitative estimate of drug-likeness (QED) is 0.742. The van der Waals surface area contributed by atoms with E-state index in [1.165, 1.54) is 0 Å². The number of hydrogen-bond acceptors (Lipinski definition) is 3. The van der Waals surface area contributed by atoms with Crippen LogP contribution in [0.3, 0.4) is 0 Å². The Labute approximate surface area is 113 Å². The number of para-hydroxylation sites is 1. The van der Waals surface area contributed by atoms with Crippen LogP contribution in [0.2, 0.25) is 0 Å². The number of benzene rings is 2. The maximum Gasteiger partial charge on any atom is 0.122 e. The summed E-state index contributed by atoms with van der Waals surface area (Å²) in [4.78, 5) is 0. The molecule has 0 unspecified atom stereocenters. The summed E-state index contributed by atoms with van der Waals surface area (Å²) in [6.45, 7) is 0.996. The molecule has 0 aromatic heterocycles. The summed E-state index contributed by atoms with van der Waals surface area (Å²) >= 11 is 0. The summed E-state index contributed by atoms with van der Waals surface area (Å²) in [5.41, 5.74) is 0.996. The van der Waals surface area contributed by atoms with E-state index in [0.717, 1.165) is 17.1 Å². The Morgan fingerprint density at radius 3 is 1.95 bits per heavy atom. The van der Waals surface area contributed by atoms with Crippen LogP contribution >= 0.6 is 0 Å². The van der Waals surface area contributed by atoms with Gasteiger partial charge < -0.3 is 9.47 Å². The molecule has 0 aliphatic heterocycles. The van der Waals surface area contributed by atoms with E-state index in [1.54, 1.807) is 0 Å². The smallest absolute Gasteiger partial charge is 0.122 e. The number of rotatable bonds is 6. The van der Waals surface area contributed by atoms with Crippen molar-refractivity contribution >= 4 is 0 Å². The average molecular weight is 253 g/mol. The van der Waals surface area contributed by atoms with E-state index < -0.39 is 0 Å². The minimum Gasteiger partial charge on any atom is -0.490 e. The highest BCUT2D eigenvalue weighted by molar-refractivity contribution is 5.28. The molecule has 2 aromatic rings. The molecule has 0 fully saturated rings. The lowest BCUT2D eigenvalue weighted by atomic mass is 10.2. The molecule has 19 heavy (non-hydrogen) atoms. The lowest BCUT2D eigenvalue weighted by Crippen LogP contribution is -2.08. The van der Waals surface area contributed by atoms with Crippen molar-refractivity contribution in [1.82, 2.24) is 0 Å². The van der Waals surface area contributed by atoms with E-state index in [4.69, 9.17) is 14.7 Å². The van der Waals surface area contributed by atoms with Crippen molar-refractivity contribution < 1.29 is 9.47 Å². The molecule has 3 heteroatoms. The van der Waals surface area contributed by atoms with Crippen molar-refractivity contribution in [2.45, 2.75) is 6.42 Å². The van der Waals surface area contributed by atoms with Crippen LogP contribution < -0.4 is 9.47 Å². The molecule has 3 nitrogen and oxygen atoms in total. The van der Waals surface area contributed by atoms with E-state index in [1.807, 2.05) is 54.6 Å². The van der Waals surface area contributed by atoms with Gasteiger partial charge in [0.1, 0.15) is 24.7 Å². The van der Waals surface area contributed by atoms with Crippen molar-refractivity contribution in [3.05, 3.63) is 60.2 Å². The predicted molar refractivity (Wildman–Crippen MR) is 73.2 cm³/mol. The first-order valence-electron chi connectivity index (χ1n) is 6.15. The Morgan fingerprint density at radius 2 is 1.37 bits per heavy atom. The molecule has 0 amide bonds. The Morgan fingerprint density at radius 1 is 0.789 bits per heavy atom. The number of ether oxygens (including phenoxy) is 2. The maximum atomic E-state index is 8.57. The largest absolute Gasteiger partial charge is 0.490 e. The zero-order valence-electron chi connectivity index (χ0n) is 10.6. The van der Waals surface area contributed by atoms with Crippen LogP contribution in [-0.2, 0) is 6.42 Å². The molecule has 0 aliphatic rings. The highest BCUT2D eigenvalue weighted by Crippen LogP contribution is 2.13. The van der Waals surface area contributed by atoms with Crippen LogP contribution in [0.25, 0.3) is 0 Å². The molecule has 0 atom stereocenters. The van der Waals surface area contributed by atoms with Gasteiger partial charge in [-0.2, -0.15) is 5.26 Å². The zero-order chi connectivity index (χ0) is 13.3. The van der Waals surface area contributed by atoms with Crippen LogP contribution in [0.4, 0.5) is 0 Å². The van der Waals surface area contributed by atoms with Crippen molar-refractivity contribution in [3.63, 3.8) is 0 Å². The highest BCUT2D eigenvalue weighted by atomic mass is 16.5. The van der Waals surface area contributed by atoms with Crippen LogP contribution in [0.1, 0.15) is 5.56 Å². The van der Waals surface area contributed by atoms with Gasteiger partial charge >= 0.3 is 0 Å². The predicted octanol–water partition coefficient (Wildman–Crippen LogP) is 3.21. The maximum absolute atomic E-state index is 8.57. The second-order valence-electron chi connectivity index (χ2n) is 3.99. The minimum absolute atomic E-state index is 0.428. The topological polar surface area (TPSA) is 42.2 Å². The van der Waals surface area contributed by atoms with Crippen molar-refractivity contribution in [2.24, 2.45) is 0 Å². The third kappa shape index (κ3) is 4.36. The first-order chi connectivity index (χ1) is 9.38.